The van der Waals surface area contributed by atoms with Crippen molar-refractivity contribution in [3.63, 3.8) is 0 Å². The first-order valence-corrected chi connectivity index (χ1v) is 7.85. The maximum absolute atomic E-state index is 2.27. The number of benzene rings is 1. The molecule has 21 heavy (non-hydrogen) atoms. The third kappa shape index (κ3) is 5.99. The van der Waals surface area contributed by atoms with Gasteiger partial charge in [-0.15, -0.1) is 0 Å². The smallest absolute Gasteiger partial charge is 0.0227 e. The second-order valence-corrected chi connectivity index (χ2v) is 5.55. The minimum Gasteiger partial charge on any atom is -0.0764 e. The SMILES string of the molecule is CCC(=C\C=C(C)C)/C(=C/C=C(\C)c1ccccc1)CC. The van der Waals surface area contributed by atoms with Crippen molar-refractivity contribution in [2.24, 2.45) is 0 Å². The van der Waals surface area contributed by atoms with Gasteiger partial charge >= 0.3 is 0 Å². The lowest BCUT2D eigenvalue weighted by molar-refractivity contribution is 1.02. The van der Waals surface area contributed by atoms with Gasteiger partial charge in [-0.05, 0) is 55.9 Å². The van der Waals surface area contributed by atoms with Crippen molar-refractivity contribution in [3.8, 4) is 0 Å². The molecule has 0 amide bonds. The van der Waals surface area contributed by atoms with Crippen molar-refractivity contribution in [1.29, 1.82) is 0 Å². The lowest BCUT2D eigenvalue weighted by Crippen LogP contribution is -1.87. The van der Waals surface area contributed by atoms with Crippen molar-refractivity contribution in [1.82, 2.24) is 0 Å². The van der Waals surface area contributed by atoms with E-state index in [1.54, 1.807) is 0 Å². The first-order chi connectivity index (χ1) is 10.1. The van der Waals surface area contributed by atoms with Crippen LogP contribution in [0.4, 0.5) is 0 Å². The Morgan fingerprint density at radius 1 is 0.762 bits per heavy atom. The van der Waals surface area contributed by atoms with E-state index in [1.807, 2.05) is 0 Å². The highest BCUT2D eigenvalue weighted by Gasteiger charge is 2.00. The van der Waals surface area contributed by atoms with Gasteiger partial charge in [0.05, 0.1) is 0 Å². The van der Waals surface area contributed by atoms with Crippen LogP contribution in [0, 0.1) is 0 Å². The lowest BCUT2D eigenvalue weighted by Gasteiger charge is -2.07. The average Bonchev–Trinajstić information content (AvgIpc) is 2.50. The summed E-state index contributed by atoms with van der Waals surface area (Å²) in [6.45, 7) is 10.9. The zero-order chi connectivity index (χ0) is 15.7. The van der Waals surface area contributed by atoms with Crippen molar-refractivity contribution >= 4 is 5.57 Å². The Morgan fingerprint density at radius 3 is 1.76 bits per heavy atom. The summed E-state index contributed by atoms with van der Waals surface area (Å²) in [4.78, 5) is 0. The monoisotopic (exact) mass is 280 g/mol. The summed E-state index contributed by atoms with van der Waals surface area (Å²) in [5.41, 5.74) is 6.78. The Hall–Kier alpha value is -1.82. The minimum atomic E-state index is 1.06. The average molecular weight is 280 g/mol. The molecule has 0 N–H and O–H groups in total. The van der Waals surface area contributed by atoms with Gasteiger partial charge in [0.25, 0.3) is 0 Å². The van der Waals surface area contributed by atoms with Crippen molar-refractivity contribution in [2.45, 2.75) is 47.5 Å². The molecule has 0 aliphatic heterocycles. The first kappa shape index (κ1) is 17.2. The molecule has 0 heteroatoms. The highest BCUT2D eigenvalue weighted by Crippen LogP contribution is 2.20. The Bertz CT molecular complexity index is 547. The van der Waals surface area contributed by atoms with Crippen molar-refractivity contribution in [2.75, 3.05) is 0 Å². The lowest BCUT2D eigenvalue weighted by atomic mass is 9.98. The fourth-order valence-corrected chi connectivity index (χ4v) is 2.19. The molecule has 0 nitrogen and oxygen atoms in total. The van der Waals surface area contributed by atoms with Crippen LogP contribution in [-0.2, 0) is 0 Å². The van der Waals surface area contributed by atoms with Crippen molar-refractivity contribution in [3.05, 3.63) is 76.9 Å². The maximum Gasteiger partial charge on any atom is -0.0227 e. The number of hydrogen-bond donors (Lipinski definition) is 0. The molecule has 0 fully saturated rings. The van der Waals surface area contributed by atoms with Gasteiger partial charge in [-0.3, -0.25) is 0 Å². The van der Waals surface area contributed by atoms with Crippen LogP contribution in [0.5, 0.6) is 0 Å². The highest BCUT2D eigenvalue weighted by atomic mass is 14.1. The fourth-order valence-electron chi connectivity index (χ4n) is 2.19. The normalized spacial score (nSPS) is 13.3. The number of rotatable bonds is 6. The number of allylic oxidation sites excluding steroid dienone is 8. The van der Waals surface area contributed by atoms with Gasteiger partial charge in [0, 0.05) is 0 Å². The molecule has 0 radical (unpaired) electrons. The molecule has 0 aromatic heterocycles. The van der Waals surface area contributed by atoms with Crippen LogP contribution in [0.25, 0.3) is 5.57 Å². The largest absolute Gasteiger partial charge is 0.0764 e. The third-order valence-electron chi connectivity index (χ3n) is 3.56. The summed E-state index contributed by atoms with van der Waals surface area (Å²) in [6, 6.07) is 10.5. The van der Waals surface area contributed by atoms with E-state index in [4.69, 9.17) is 0 Å². The van der Waals surface area contributed by atoms with Crippen LogP contribution >= 0.6 is 0 Å². The Kier molecular flexibility index (Phi) is 7.53. The summed E-state index contributed by atoms with van der Waals surface area (Å²) >= 11 is 0. The highest BCUT2D eigenvalue weighted by molar-refractivity contribution is 5.65. The summed E-state index contributed by atoms with van der Waals surface area (Å²) in [6.07, 6.45) is 11.1. The first-order valence-electron chi connectivity index (χ1n) is 7.85. The molecule has 1 aromatic rings. The molecule has 1 aromatic carbocycles. The zero-order valence-electron chi connectivity index (χ0n) is 14.1. The molecule has 0 saturated heterocycles. The third-order valence-corrected chi connectivity index (χ3v) is 3.56. The van der Waals surface area contributed by atoms with Crippen LogP contribution in [0.1, 0.15) is 53.0 Å². The maximum atomic E-state index is 2.27. The molecule has 112 valence electrons. The number of hydrogen-bond acceptors (Lipinski definition) is 0. The Morgan fingerprint density at radius 2 is 1.29 bits per heavy atom. The zero-order valence-corrected chi connectivity index (χ0v) is 14.1. The molecular formula is C21H28. The predicted octanol–water partition coefficient (Wildman–Crippen LogP) is 6.73. The van der Waals surface area contributed by atoms with Gasteiger partial charge in [-0.25, -0.2) is 0 Å². The summed E-state index contributed by atoms with van der Waals surface area (Å²) in [5, 5.41) is 0. The van der Waals surface area contributed by atoms with Gasteiger partial charge in [-0.1, -0.05) is 74.1 Å². The van der Waals surface area contributed by atoms with Gasteiger partial charge in [0.15, 0.2) is 0 Å². The van der Waals surface area contributed by atoms with Crippen LogP contribution in [0.3, 0.4) is 0 Å². The Balaban J connectivity index is 3.03. The van der Waals surface area contributed by atoms with Crippen LogP contribution < -0.4 is 0 Å². The molecule has 0 unspecified atom stereocenters. The van der Waals surface area contributed by atoms with E-state index in [9.17, 15) is 0 Å². The summed E-state index contributed by atoms with van der Waals surface area (Å²) in [7, 11) is 0. The van der Waals surface area contributed by atoms with E-state index >= 15 is 0 Å². The second-order valence-electron chi connectivity index (χ2n) is 5.55. The molecule has 0 aliphatic rings. The molecule has 0 spiro atoms. The Labute approximate surface area is 130 Å². The molecule has 0 bridgehead atoms. The topological polar surface area (TPSA) is 0 Å². The summed E-state index contributed by atoms with van der Waals surface area (Å²) < 4.78 is 0. The van der Waals surface area contributed by atoms with Gasteiger partial charge < -0.3 is 0 Å². The quantitative estimate of drug-likeness (QED) is 0.507. The summed E-state index contributed by atoms with van der Waals surface area (Å²) in [5.74, 6) is 0. The fraction of sp³-hybridized carbons (Fsp3) is 0.333. The van der Waals surface area contributed by atoms with E-state index in [1.165, 1.54) is 27.9 Å². The second kappa shape index (κ2) is 9.18. The van der Waals surface area contributed by atoms with Gasteiger partial charge in [0.1, 0.15) is 0 Å². The predicted molar refractivity (Wildman–Crippen MR) is 96.3 cm³/mol. The van der Waals surface area contributed by atoms with E-state index in [0.717, 1.165) is 12.8 Å². The van der Waals surface area contributed by atoms with E-state index in [0.29, 0.717) is 0 Å². The molecule has 0 saturated carbocycles. The van der Waals surface area contributed by atoms with Crippen LogP contribution in [-0.4, -0.2) is 0 Å². The van der Waals surface area contributed by atoms with E-state index in [-0.39, 0.29) is 0 Å². The van der Waals surface area contributed by atoms with E-state index in [2.05, 4.69) is 89.3 Å². The standard InChI is InChI=1S/C21H28/c1-6-19(15-13-17(3)4)20(7-2)16-14-18(5)21-11-9-8-10-12-21/h8-16H,6-7H2,1-5H3/b18-14+,19-15+,20-16+. The minimum absolute atomic E-state index is 1.06. The molecule has 0 heterocycles. The van der Waals surface area contributed by atoms with Gasteiger partial charge in [-0.2, -0.15) is 0 Å². The molecular weight excluding hydrogens is 252 g/mol. The van der Waals surface area contributed by atoms with Crippen molar-refractivity contribution < 1.29 is 0 Å². The molecule has 0 aliphatic carbocycles. The van der Waals surface area contributed by atoms with Crippen LogP contribution in [0.15, 0.2) is 71.4 Å². The molecule has 1 rings (SSSR count). The van der Waals surface area contributed by atoms with Crippen LogP contribution in [0.2, 0.25) is 0 Å². The van der Waals surface area contributed by atoms with Gasteiger partial charge in [0.2, 0.25) is 0 Å². The molecule has 0 atom stereocenters. The van der Waals surface area contributed by atoms with E-state index < -0.39 is 0 Å².